The summed E-state index contributed by atoms with van der Waals surface area (Å²) in [7, 11) is 0. The first kappa shape index (κ1) is 13.8. The monoisotopic (exact) mass is 285 g/mol. The van der Waals surface area contributed by atoms with Crippen molar-refractivity contribution < 1.29 is 9.90 Å². The Labute approximate surface area is 123 Å². The average molecular weight is 285 g/mol. The molecule has 21 heavy (non-hydrogen) atoms. The molecule has 1 saturated carbocycles. The Hall–Kier alpha value is -2.17. The van der Waals surface area contributed by atoms with Gasteiger partial charge in [-0.25, -0.2) is 14.8 Å². The number of hydrogen-bond donors (Lipinski definition) is 2. The number of fused-ring (bicyclic) bond motifs is 1. The summed E-state index contributed by atoms with van der Waals surface area (Å²) in [5.74, 6) is -0.634. The van der Waals surface area contributed by atoms with Gasteiger partial charge < -0.3 is 10.4 Å². The molecule has 1 heterocycles. The summed E-state index contributed by atoms with van der Waals surface area (Å²) in [5, 5.41) is 13.4. The van der Waals surface area contributed by atoms with Crippen molar-refractivity contribution in [1.82, 2.24) is 9.97 Å². The molecule has 2 N–H and O–H groups in total. The third-order valence-corrected chi connectivity index (χ3v) is 4.59. The van der Waals surface area contributed by atoms with Crippen LogP contribution in [-0.2, 0) is 0 Å². The lowest BCUT2D eigenvalue weighted by Crippen LogP contribution is -2.36. The van der Waals surface area contributed by atoms with Crippen LogP contribution in [0.15, 0.2) is 24.3 Å². The van der Waals surface area contributed by atoms with Crippen LogP contribution in [-0.4, -0.2) is 27.6 Å². The SMILES string of the molecule is CCC1(CNc2nc(C(=O)O)nc3ccccc23)CCC1. The van der Waals surface area contributed by atoms with Crippen LogP contribution in [0.1, 0.15) is 43.2 Å². The summed E-state index contributed by atoms with van der Waals surface area (Å²) in [6, 6.07) is 7.50. The van der Waals surface area contributed by atoms with Gasteiger partial charge in [-0.3, -0.25) is 0 Å². The van der Waals surface area contributed by atoms with E-state index in [1.807, 2.05) is 24.3 Å². The number of carboxylic acids is 1. The maximum Gasteiger partial charge on any atom is 0.374 e. The van der Waals surface area contributed by atoms with E-state index in [9.17, 15) is 4.79 Å². The van der Waals surface area contributed by atoms with Crippen LogP contribution in [0.25, 0.3) is 10.9 Å². The number of anilines is 1. The number of carbonyl (C=O) groups is 1. The first-order valence-corrected chi connectivity index (χ1v) is 7.37. The molecule has 1 aromatic heterocycles. The summed E-state index contributed by atoms with van der Waals surface area (Å²) >= 11 is 0. The Morgan fingerprint density at radius 3 is 2.71 bits per heavy atom. The van der Waals surface area contributed by atoms with E-state index in [1.165, 1.54) is 19.3 Å². The quantitative estimate of drug-likeness (QED) is 0.881. The molecule has 5 heteroatoms. The fraction of sp³-hybridized carbons (Fsp3) is 0.438. The zero-order valence-electron chi connectivity index (χ0n) is 12.1. The molecule has 1 aliphatic carbocycles. The lowest BCUT2D eigenvalue weighted by Gasteiger charge is -2.41. The van der Waals surface area contributed by atoms with Gasteiger partial charge in [0, 0.05) is 11.9 Å². The van der Waals surface area contributed by atoms with Crippen molar-refractivity contribution >= 4 is 22.7 Å². The van der Waals surface area contributed by atoms with Crippen LogP contribution in [0.2, 0.25) is 0 Å². The van der Waals surface area contributed by atoms with Gasteiger partial charge in [-0.05, 0) is 36.8 Å². The van der Waals surface area contributed by atoms with Gasteiger partial charge in [0.25, 0.3) is 0 Å². The molecule has 0 aliphatic heterocycles. The summed E-state index contributed by atoms with van der Waals surface area (Å²) in [6.07, 6.45) is 4.87. The molecule has 0 radical (unpaired) electrons. The Kier molecular flexibility index (Phi) is 3.49. The molecule has 0 saturated heterocycles. The lowest BCUT2D eigenvalue weighted by molar-refractivity contribution is 0.0684. The van der Waals surface area contributed by atoms with E-state index in [0.717, 1.165) is 18.4 Å². The maximum atomic E-state index is 11.2. The number of nitrogens with zero attached hydrogens (tertiary/aromatic N) is 2. The van der Waals surface area contributed by atoms with Gasteiger partial charge in [0.05, 0.1) is 5.52 Å². The minimum absolute atomic E-state index is 0.157. The standard InChI is InChI=1S/C16H19N3O2/c1-2-16(8-5-9-16)10-17-13-11-6-3-4-7-12(11)18-14(19-13)15(20)21/h3-4,6-7H,2,5,8-10H2,1H3,(H,20,21)(H,17,18,19). The van der Waals surface area contributed by atoms with Crippen LogP contribution in [0.3, 0.4) is 0 Å². The number of para-hydroxylation sites is 1. The zero-order valence-corrected chi connectivity index (χ0v) is 12.1. The predicted octanol–water partition coefficient (Wildman–Crippen LogP) is 3.32. The van der Waals surface area contributed by atoms with Crippen molar-refractivity contribution in [2.75, 3.05) is 11.9 Å². The molecular weight excluding hydrogens is 266 g/mol. The van der Waals surface area contributed by atoms with Gasteiger partial charge in [-0.1, -0.05) is 25.5 Å². The number of nitrogens with one attached hydrogen (secondary N) is 1. The Morgan fingerprint density at radius 1 is 1.33 bits per heavy atom. The van der Waals surface area contributed by atoms with Crippen LogP contribution in [0.4, 0.5) is 5.82 Å². The van der Waals surface area contributed by atoms with Crippen LogP contribution in [0.5, 0.6) is 0 Å². The van der Waals surface area contributed by atoms with Crippen molar-refractivity contribution in [2.45, 2.75) is 32.6 Å². The van der Waals surface area contributed by atoms with E-state index in [1.54, 1.807) is 0 Å². The Bertz CT molecular complexity index is 675. The normalized spacial score (nSPS) is 16.4. The molecule has 0 unspecified atom stereocenters. The molecular formula is C16H19N3O2. The van der Waals surface area contributed by atoms with E-state index in [0.29, 0.717) is 16.7 Å². The molecule has 1 fully saturated rings. The summed E-state index contributed by atoms with van der Waals surface area (Å²) in [6.45, 7) is 3.05. The second kappa shape index (κ2) is 5.31. The van der Waals surface area contributed by atoms with Gasteiger partial charge in [0.2, 0.25) is 5.82 Å². The number of benzene rings is 1. The first-order valence-electron chi connectivity index (χ1n) is 7.37. The highest BCUT2D eigenvalue weighted by molar-refractivity contribution is 5.93. The number of carboxylic acid groups (broad SMARTS) is 1. The summed E-state index contributed by atoms with van der Waals surface area (Å²) < 4.78 is 0. The molecule has 110 valence electrons. The van der Waals surface area contributed by atoms with Crippen molar-refractivity contribution in [1.29, 1.82) is 0 Å². The van der Waals surface area contributed by atoms with Gasteiger partial charge in [0.15, 0.2) is 0 Å². The molecule has 0 spiro atoms. The van der Waals surface area contributed by atoms with Gasteiger partial charge >= 0.3 is 5.97 Å². The molecule has 0 bridgehead atoms. The molecule has 2 aromatic rings. The van der Waals surface area contributed by atoms with E-state index in [4.69, 9.17) is 5.11 Å². The number of aromatic carboxylic acids is 1. The van der Waals surface area contributed by atoms with Crippen LogP contribution in [0, 0.1) is 5.41 Å². The highest BCUT2D eigenvalue weighted by Gasteiger charge is 2.34. The highest BCUT2D eigenvalue weighted by Crippen LogP contribution is 2.43. The van der Waals surface area contributed by atoms with E-state index < -0.39 is 5.97 Å². The van der Waals surface area contributed by atoms with Gasteiger partial charge in [-0.2, -0.15) is 0 Å². The van der Waals surface area contributed by atoms with Crippen molar-refractivity contribution in [3.8, 4) is 0 Å². The largest absolute Gasteiger partial charge is 0.475 e. The smallest absolute Gasteiger partial charge is 0.374 e. The molecule has 0 atom stereocenters. The Balaban J connectivity index is 1.94. The second-order valence-corrected chi connectivity index (χ2v) is 5.78. The zero-order chi connectivity index (χ0) is 14.9. The topological polar surface area (TPSA) is 75.1 Å². The summed E-state index contributed by atoms with van der Waals surface area (Å²) in [4.78, 5) is 19.4. The molecule has 1 aromatic carbocycles. The minimum Gasteiger partial charge on any atom is -0.475 e. The van der Waals surface area contributed by atoms with E-state index >= 15 is 0 Å². The molecule has 3 rings (SSSR count). The molecule has 0 amide bonds. The van der Waals surface area contributed by atoms with Crippen molar-refractivity contribution in [3.05, 3.63) is 30.1 Å². The molecule has 1 aliphatic rings. The van der Waals surface area contributed by atoms with Crippen LogP contribution < -0.4 is 5.32 Å². The lowest BCUT2D eigenvalue weighted by atomic mass is 9.67. The number of hydrogen-bond acceptors (Lipinski definition) is 4. The van der Waals surface area contributed by atoms with E-state index in [-0.39, 0.29) is 5.82 Å². The first-order chi connectivity index (χ1) is 10.1. The second-order valence-electron chi connectivity index (χ2n) is 5.78. The van der Waals surface area contributed by atoms with Gasteiger partial charge in [-0.15, -0.1) is 0 Å². The third-order valence-electron chi connectivity index (χ3n) is 4.59. The predicted molar refractivity (Wildman–Crippen MR) is 81.6 cm³/mol. The van der Waals surface area contributed by atoms with Crippen molar-refractivity contribution in [2.24, 2.45) is 5.41 Å². The number of rotatable bonds is 5. The number of aromatic nitrogens is 2. The highest BCUT2D eigenvalue weighted by atomic mass is 16.4. The average Bonchev–Trinajstić information content (AvgIpc) is 2.46. The minimum atomic E-state index is -1.10. The van der Waals surface area contributed by atoms with E-state index in [2.05, 4.69) is 22.2 Å². The summed E-state index contributed by atoms with van der Waals surface area (Å²) in [5.41, 5.74) is 1.00. The van der Waals surface area contributed by atoms with Gasteiger partial charge in [0.1, 0.15) is 5.82 Å². The van der Waals surface area contributed by atoms with Crippen LogP contribution >= 0.6 is 0 Å². The van der Waals surface area contributed by atoms with Crippen molar-refractivity contribution in [3.63, 3.8) is 0 Å². The third kappa shape index (κ3) is 2.55. The maximum absolute atomic E-state index is 11.2. The Morgan fingerprint density at radius 2 is 2.10 bits per heavy atom. The fourth-order valence-corrected chi connectivity index (χ4v) is 2.91. The fourth-order valence-electron chi connectivity index (χ4n) is 2.91. The molecule has 5 nitrogen and oxygen atoms in total.